The molecule has 0 radical (unpaired) electrons. The third kappa shape index (κ3) is 2.81. The molecule has 212 valence electrons. The minimum absolute atomic E-state index is 0.0848. The van der Waals surface area contributed by atoms with E-state index < -0.39 is 13.5 Å². The molecule has 6 aromatic rings. The number of fused-ring (bicyclic) bond motifs is 14. The van der Waals surface area contributed by atoms with Crippen molar-refractivity contribution < 1.29 is 0 Å². The lowest BCUT2D eigenvalue weighted by atomic mass is 9.54. The molecule has 0 saturated carbocycles. The van der Waals surface area contributed by atoms with E-state index in [4.69, 9.17) is 0 Å². The third-order valence-electron chi connectivity index (χ3n) is 11.5. The molecule has 9 rings (SSSR count). The van der Waals surface area contributed by atoms with Gasteiger partial charge in [-0.2, -0.15) is 0 Å². The summed E-state index contributed by atoms with van der Waals surface area (Å²) >= 11 is 0. The Bertz CT molecular complexity index is 1840. The first kappa shape index (κ1) is 26.0. The predicted octanol–water partition coefficient (Wildman–Crippen LogP) is 7.04. The standard InChI is InChI=1S/C43H36Si/c1-41(2)29-17-5-7-19-31(29)43(32-20-8-6-18-30(32)41)35-23-11-15-27-39(35)44(40-28-16-12-24-36(40)43)37-25-13-9-21-33(37)42(3,4)34-22-10-14-26-38(34)44/h5-28H,1-4H3. The molecule has 0 saturated heterocycles. The Morgan fingerprint density at radius 3 is 0.932 bits per heavy atom. The fourth-order valence-electron chi connectivity index (χ4n) is 9.73. The quantitative estimate of drug-likeness (QED) is 0.169. The van der Waals surface area contributed by atoms with E-state index in [9.17, 15) is 0 Å². The lowest BCUT2D eigenvalue weighted by molar-refractivity contribution is 0.559. The molecule has 0 aromatic heterocycles. The minimum Gasteiger partial charge on any atom is -0.0623 e. The van der Waals surface area contributed by atoms with Gasteiger partial charge in [0, 0.05) is 10.8 Å². The summed E-state index contributed by atoms with van der Waals surface area (Å²) in [5.74, 6) is 0. The molecular weight excluding hydrogens is 545 g/mol. The molecule has 0 atom stereocenters. The van der Waals surface area contributed by atoms with Gasteiger partial charge in [-0.1, -0.05) is 173 Å². The van der Waals surface area contributed by atoms with Gasteiger partial charge in [0.05, 0.1) is 5.41 Å². The molecule has 0 nitrogen and oxygen atoms in total. The molecule has 3 aliphatic rings. The summed E-state index contributed by atoms with van der Waals surface area (Å²) in [4.78, 5) is 0. The van der Waals surface area contributed by atoms with Crippen molar-refractivity contribution >= 4 is 28.8 Å². The molecule has 0 unspecified atom stereocenters. The first-order valence-corrected chi connectivity index (χ1v) is 18.0. The molecule has 6 aromatic carbocycles. The Kier molecular flexibility index (Phi) is 5.07. The van der Waals surface area contributed by atoms with Gasteiger partial charge in [0.15, 0.2) is 8.07 Å². The first-order chi connectivity index (χ1) is 21.4. The normalized spacial score (nSPS) is 18.3. The Labute approximate surface area is 262 Å². The first-order valence-electron chi connectivity index (χ1n) is 16.0. The molecule has 2 spiro atoms. The van der Waals surface area contributed by atoms with E-state index in [0.29, 0.717) is 0 Å². The summed E-state index contributed by atoms with van der Waals surface area (Å²) in [6.45, 7) is 9.65. The van der Waals surface area contributed by atoms with Crippen LogP contribution in [0.1, 0.15) is 72.2 Å². The number of benzene rings is 6. The maximum atomic E-state index is 2.50. The van der Waals surface area contributed by atoms with E-state index >= 15 is 0 Å². The Balaban J connectivity index is 1.54. The van der Waals surface area contributed by atoms with Gasteiger partial charge in [-0.25, -0.2) is 0 Å². The summed E-state index contributed by atoms with van der Waals surface area (Å²) in [5, 5.41) is 6.13. The second-order valence-electron chi connectivity index (χ2n) is 14.0. The summed E-state index contributed by atoms with van der Waals surface area (Å²) in [7, 11) is -2.73. The van der Waals surface area contributed by atoms with Gasteiger partial charge in [-0.05, 0) is 65.3 Å². The zero-order valence-corrected chi connectivity index (χ0v) is 26.9. The molecule has 0 N–H and O–H groups in total. The lowest BCUT2D eigenvalue weighted by Gasteiger charge is -2.56. The van der Waals surface area contributed by atoms with Gasteiger partial charge in [-0.3, -0.25) is 0 Å². The number of rotatable bonds is 0. The van der Waals surface area contributed by atoms with Crippen LogP contribution in [0.2, 0.25) is 0 Å². The van der Waals surface area contributed by atoms with Crippen molar-refractivity contribution in [2.45, 2.75) is 43.9 Å². The highest BCUT2D eigenvalue weighted by Crippen LogP contribution is 2.56. The fourth-order valence-corrected chi connectivity index (χ4v) is 15.8. The second kappa shape index (κ2) is 8.58. The van der Waals surface area contributed by atoms with Gasteiger partial charge in [0.2, 0.25) is 0 Å². The molecule has 1 heteroatoms. The van der Waals surface area contributed by atoms with E-state index in [1.165, 1.54) is 65.3 Å². The SMILES string of the molecule is CC1(C)c2ccccc2C2(c3ccccc31)c1ccccc1[Si]1(c3ccccc3C(C)(C)c3ccccc31)c1ccccc12. The third-order valence-corrected chi connectivity index (χ3v) is 16.5. The van der Waals surface area contributed by atoms with E-state index in [0.717, 1.165) is 0 Å². The van der Waals surface area contributed by atoms with Crippen molar-refractivity contribution in [2.75, 3.05) is 0 Å². The topological polar surface area (TPSA) is 0 Å². The van der Waals surface area contributed by atoms with Crippen LogP contribution in [0.3, 0.4) is 0 Å². The van der Waals surface area contributed by atoms with Crippen molar-refractivity contribution in [2.24, 2.45) is 0 Å². The average Bonchev–Trinajstić information content (AvgIpc) is 3.07. The molecule has 0 amide bonds. The highest BCUT2D eigenvalue weighted by atomic mass is 28.3. The van der Waals surface area contributed by atoms with Crippen LogP contribution in [0.15, 0.2) is 146 Å². The van der Waals surface area contributed by atoms with Crippen LogP contribution < -0.4 is 20.7 Å². The fraction of sp³-hybridized carbons (Fsp3) is 0.163. The molecule has 2 heterocycles. The maximum absolute atomic E-state index is 2.73. The number of hydrogen-bond donors (Lipinski definition) is 0. The van der Waals surface area contributed by atoms with Gasteiger partial charge in [-0.15, -0.1) is 0 Å². The van der Waals surface area contributed by atoms with Crippen LogP contribution in [0.5, 0.6) is 0 Å². The van der Waals surface area contributed by atoms with Crippen LogP contribution in [-0.4, -0.2) is 8.07 Å². The highest BCUT2D eigenvalue weighted by Gasteiger charge is 2.61. The Hall–Kier alpha value is -4.46. The largest absolute Gasteiger partial charge is 0.180 e. The Morgan fingerprint density at radius 1 is 0.295 bits per heavy atom. The summed E-state index contributed by atoms with van der Waals surface area (Å²) in [6, 6.07) is 56.5. The summed E-state index contributed by atoms with van der Waals surface area (Å²) in [5.41, 5.74) is 10.9. The minimum atomic E-state index is -2.73. The molecule has 1 aliphatic carbocycles. The molecule has 2 aliphatic heterocycles. The monoisotopic (exact) mass is 580 g/mol. The van der Waals surface area contributed by atoms with Crippen LogP contribution >= 0.6 is 0 Å². The van der Waals surface area contributed by atoms with Crippen LogP contribution in [0.4, 0.5) is 0 Å². The second-order valence-corrected chi connectivity index (χ2v) is 17.7. The van der Waals surface area contributed by atoms with Crippen molar-refractivity contribution in [3.63, 3.8) is 0 Å². The molecule has 0 fully saturated rings. The molecular formula is C43H36Si. The molecule has 0 bridgehead atoms. The van der Waals surface area contributed by atoms with Gasteiger partial charge in [0.1, 0.15) is 0 Å². The lowest BCUT2D eigenvalue weighted by Crippen LogP contribution is -2.82. The van der Waals surface area contributed by atoms with Crippen molar-refractivity contribution in [3.05, 3.63) is 190 Å². The van der Waals surface area contributed by atoms with Crippen molar-refractivity contribution in [1.82, 2.24) is 0 Å². The highest BCUT2D eigenvalue weighted by molar-refractivity contribution is 7.21. The van der Waals surface area contributed by atoms with Crippen LogP contribution in [0, 0.1) is 0 Å². The van der Waals surface area contributed by atoms with Crippen LogP contribution in [-0.2, 0) is 16.2 Å². The van der Waals surface area contributed by atoms with E-state index in [1.54, 1.807) is 0 Å². The van der Waals surface area contributed by atoms with Crippen LogP contribution in [0.25, 0.3) is 0 Å². The zero-order chi connectivity index (χ0) is 29.9. The predicted molar refractivity (Wildman–Crippen MR) is 186 cm³/mol. The zero-order valence-electron chi connectivity index (χ0n) is 25.9. The molecule has 44 heavy (non-hydrogen) atoms. The van der Waals surface area contributed by atoms with Gasteiger partial charge < -0.3 is 0 Å². The maximum Gasteiger partial charge on any atom is 0.180 e. The number of hydrogen-bond acceptors (Lipinski definition) is 0. The van der Waals surface area contributed by atoms with Crippen molar-refractivity contribution in [3.8, 4) is 0 Å². The average molecular weight is 581 g/mol. The van der Waals surface area contributed by atoms with E-state index in [1.807, 2.05) is 0 Å². The van der Waals surface area contributed by atoms with Crippen molar-refractivity contribution in [1.29, 1.82) is 0 Å². The summed E-state index contributed by atoms with van der Waals surface area (Å²) in [6.07, 6.45) is 0. The Morgan fingerprint density at radius 2 is 0.545 bits per heavy atom. The van der Waals surface area contributed by atoms with E-state index in [-0.39, 0.29) is 10.8 Å². The smallest absolute Gasteiger partial charge is 0.0623 e. The van der Waals surface area contributed by atoms with E-state index in [2.05, 4.69) is 173 Å². The van der Waals surface area contributed by atoms with Gasteiger partial charge in [0.25, 0.3) is 0 Å². The van der Waals surface area contributed by atoms with Gasteiger partial charge >= 0.3 is 0 Å². The summed E-state index contributed by atoms with van der Waals surface area (Å²) < 4.78 is 0.